The zero-order chi connectivity index (χ0) is 16.2. The van der Waals surface area contributed by atoms with Gasteiger partial charge in [-0.15, -0.1) is 0 Å². The average molecular weight is 324 g/mol. The SMILES string of the molecule is CCCCC[C@@H]1O[C@H](CO)C=C1S(=O)(=O)c1ccc(C)cc1. The first-order chi connectivity index (χ1) is 10.5. The predicted molar refractivity (Wildman–Crippen MR) is 86.3 cm³/mol. The molecule has 5 heteroatoms. The molecular weight excluding hydrogens is 300 g/mol. The number of unbranched alkanes of at least 4 members (excludes halogenated alkanes) is 2. The third kappa shape index (κ3) is 3.77. The molecule has 0 aliphatic carbocycles. The van der Waals surface area contributed by atoms with Crippen LogP contribution in [0, 0.1) is 6.92 Å². The molecule has 4 nitrogen and oxygen atoms in total. The molecule has 0 amide bonds. The van der Waals surface area contributed by atoms with E-state index in [0.29, 0.717) is 11.3 Å². The van der Waals surface area contributed by atoms with Crippen molar-refractivity contribution >= 4 is 9.84 Å². The quantitative estimate of drug-likeness (QED) is 0.783. The number of sulfone groups is 1. The molecule has 0 bridgehead atoms. The van der Waals surface area contributed by atoms with Gasteiger partial charge in [-0.3, -0.25) is 0 Å². The molecule has 122 valence electrons. The maximum Gasteiger partial charge on any atom is 0.205 e. The van der Waals surface area contributed by atoms with E-state index in [-0.39, 0.29) is 11.5 Å². The molecule has 0 saturated carbocycles. The average Bonchev–Trinajstić information content (AvgIpc) is 2.92. The number of rotatable bonds is 7. The molecule has 0 saturated heterocycles. The van der Waals surface area contributed by atoms with Crippen molar-refractivity contribution in [3.05, 3.63) is 40.8 Å². The van der Waals surface area contributed by atoms with Gasteiger partial charge in [0.1, 0.15) is 6.10 Å². The summed E-state index contributed by atoms with van der Waals surface area (Å²) in [4.78, 5) is 0.582. The highest BCUT2D eigenvalue weighted by Gasteiger charge is 2.35. The molecule has 2 rings (SSSR count). The van der Waals surface area contributed by atoms with Crippen LogP contribution in [0.15, 0.2) is 40.1 Å². The van der Waals surface area contributed by atoms with Gasteiger partial charge in [0, 0.05) is 0 Å². The summed E-state index contributed by atoms with van der Waals surface area (Å²) in [5.41, 5.74) is 1.02. The molecular formula is C17H24O4S. The fraction of sp³-hybridized carbons (Fsp3) is 0.529. The second-order valence-corrected chi connectivity index (χ2v) is 7.68. The van der Waals surface area contributed by atoms with Crippen molar-refractivity contribution in [2.45, 2.75) is 56.6 Å². The van der Waals surface area contributed by atoms with Crippen molar-refractivity contribution in [1.29, 1.82) is 0 Å². The van der Waals surface area contributed by atoms with Gasteiger partial charge in [-0.05, 0) is 31.6 Å². The van der Waals surface area contributed by atoms with Crippen molar-refractivity contribution < 1.29 is 18.3 Å². The third-order valence-corrected chi connectivity index (χ3v) is 5.81. The summed E-state index contributed by atoms with van der Waals surface area (Å²) in [7, 11) is -3.56. The number of aryl methyl sites for hydroxylation is 1. The van der Waals surface area contributed by atoms with Crippen molar-refractivity contribution in [3.63, 3.8) is 0 Å². The van der Waals surface area contributed by atoms with Crippen molar-refractivity contribution in [2.75, 3.05) is 6.61 Å². The summed E-state index contributed by atoms with van der Waals surface area (Å²) in [5, 5.41) is 9.28. The molecule has 1 N–H and O–H groups in total. The first kappa shape index (κ1) is 17.2. The van der Waals surface area contributed by atoms with Gasteiger partial charge in [-0.1, -0.05) is 43.9 Å². The number of benzene rings is 1. The number of ether oxygens (including phenoxy) is 1. The van der Waals surface area contributed by atoms with E-state index in [9.17, 15) is 13.5 Å². The zero-order valence-electron chi connectivity index (χ0n) is 13.2. The monoisotopic (exact) mass is 324 g/mol. The summed E-state index contributed by atoms with van der Waals surface area (Å²) in [6.45, 7) is 3.83. The standard InChI is InChI=1S/C17H24O4S/c1-3-4-5-6-16-17(11-14(12-18)21-16)22(19,20)15-9-7-13(2)8-10-15/h7-11,14,16,18H,3-6,12H2,1-2H3/t14-,16-/m0/s1. The van der Waals surface area contributed by atoms with Gasteiger partial charge in [0.05, 0.1) is 22.5 Å². The Balaban J connectivity index is 2.26. The van der Waals surface area contributed by atoms with E-state index in [2.05, 4.69) is 6.92 Å². The zero-order valence-corrected chi connectivity index (χ0v) is 14.0. The number of aliphatic hydroxyl groups excluding tert-OH is 1. The molecule has 1 aromatic rings. The lowest BCUT2D eigenvalue weighted by molar-refractivity contribution is 0.0202. The molecule has 22 heavy (non-hydrogen) atoms. The van der Waals surface area contributed by atoms with E-state index in [1.807, 2.05) is 6.92 Å². The lowest BCUT2D eigenvalue weighted by atomic mass is 10.1. The molecule has 0 radical (unpaired) electrons. The molecule has 0 aromatic heterocycles. The molecule has 0 unspecified atom stereocenters. The van der Waals surface area contributed by atoms with Crippen LogP contribution in [0.4, 0.5) is 0 Å². The van der Waals surface area contributed by atoms with Gasteiger partial charge in [0.25, 0.3) is 0 Å². The highest BCUT2D eigenvalue weighted by molar-refractivity contribution is 7.95. The molecule has 1 aliphatic heterocycles. The maximum absolute atomic E-state index is 12.8. The van der Waals surface area contributed by atoms with Crippen LogP contribution in [0.3, 0.4) is 0 Å². The molecule has 0 fully saturated rings. The van der Waals surface area contributed by atoms with Crippen LogP contribution in [-0.2, 0) is 14.6 Å². The lowest BCUT2D eigenvalue weighted by Crippen LogP contribution is -2.20. The van der Waals surface area contributed by atoms with E-state index in [1.54, 1.807) is 30.3 Å². The van der Waals surface area contributed by atoms with Crippen molar-refractivity contribution in [3.8, 4) is 0 Å². The van der Waals surface area contributed by atoms with Gasteiger partial charge >= 0.3 is 0 Å². The Bertz CT molecular complexity index is 617. The Morgan fingerprint density at radius 2 is 1.86 bits per heavy atom. The van der Waals surface area contributed by atoms with Crippen molar-refractivity contribution in [2.24, 2.45) is 0 Å². The fourth-order valence-corrected chi connectivity index (χ4v) is 4.23. The van der Waals surface area contributed by atoms with E-state index >= 15 is 0 Å². The Morgan fingerprint density at radius 1 is 1.18 bits per heavy atom. The summed E-state index contributed by atoms with van der Waals surface area (Å²) >= 11 is 0. The van der Waals surface area contributed by atoms with E-state index in [4.69, 9.17) is 4.74 Å². The van der Waals surface area contributed by atoms with Crippen LogP contribution >= 0.6 is 0 Å². The van der Waals surface area contributed by atoms with E-state index < -0.39 is 22.0 Å². The molecule has 1 aromatic carbocycles. The van der Waals surface area contributed by atoms with Gasteiger partial charge in [-0.2, -0.15) is 0 Å². The summed E-state index contributed by atoms with van der Waals surface area (Å²) in [6.07, 6.45) is 4.28. The summed E-state index contributed by atoms with van der Waals surface area (Å²) in [5.74, 6) is 0. The molecule has 2 atom stereocenters. The highest BCUT2D eigenvalue weighted by atomic mass is 32.2. The number of hydrogen-bond donors (Lipinski definition) is 1. The first-order valence-corrected chi connectivity index (χ1v) is 9.27. The minimum absolute atomic E-state index is 0.197. The summed E-state index contributed by atoms with van der Waals surface area (Å²) < 4.78 is 31.3. The highest BCUT2D eigenvalue weighted by Crippen LogP contribution is 2.32. The van der Waals surface area contributed by atoms with Gasteiger partial charge < -0.3 is 9.84 Å². The summed E-state index contributed by atoms with van der Waals surface area (Å²) in [6, 6.07) is 6.83. The Hall–Kier alpha value is -1.17. The number of hydrogen-bond acceptors (Lipinski definition) is 4. The van der Waals surface area contributed by atoms with Crippen LogP contribution in [0.25, 0.3) is 0 Å². The lowest BCUT2D eigenvalue weighted by Gasteiger charge is -2.16. The minimum Gasteiger partial charge on any atom is -0.393 e. The molecule has 1 heterocycles. The second kappa shape index (κ2) is 7.40. The van der Waals surface area contributed by atoms with Gasteiger partial charge in [-0.25, -0.2) is 8.42 Å². The van der Waals surface area contributed by atoms with Crippen molar-refractivity contribution in [1.82, 2.24) is 0 Å². The first-order valence-electron chi connectivity index (χ1n) is 7.78. The van der Waals surface area contributed by atoms with E-state index in [0.717, 1.165) is 24.8 Å². The second-order valence-electron chi connectivity index (χ2n) is 5.73. The number of aliphatic hydroxyl groups is 1. The smallest absolute Gasteiger partial charge is 0.205 e. The minimum atomic E-state index is -3.56. The van der Waals surface area contributed by atoms with Crippen LogP contribution in [0.2, 0.25) is 0 Å². The van der Waals surface area contributed by atoms with Crippen LogP contribution < -0.4 is 0 Å². The predicted octanol–water partition coefficient (Wildman–Crippen LogP) is 2.99. The van der Waals surface area contributed by atoms with Gasteiger partial charge in [0.2, 0.25) is 9.84 Å². The van der Waals surface area contributed by atoms with Crippen LogP contribution in [-0.4, -0.2) is 32.3 Å². The largest absolute Gasteiger partial charge is 0.393 e. The Labute approximate surface area is 132 Å². The topological polar surface area (TPSA) is 63.6 Å². The Morgan fingerprint density at radius 3 is 2.45 bits per heavy atom. The third-order valence-electron chi connectivity index (χ3n) is 3.90. The van der Waals surface area contributed by atoms with Crippen LogP contribution in [0.5, 0.6) is 0 Å². The van der Waals surface area contributed by atoms with Gasteiger partial charge in [0.15, 0.2) is 0 Å². The van der Waals surface area contributed by atoms with E-state index in [1.165, 1.54) is 0 Å². The van der Waals surface area contributed by atoms with Crippen LogP contribution in [0.1, 0.15) is 38.2 Å². The maximum atomic E-state index is 12.8. The molecule has 1 aliphatic rings. The normalized spacial score (nSPS) is 21.9. The Kier molecular flexibility index (Phi) is 5.78. The fourth-order valence-electron chi connectivity index (χ4n) is 2.61. The molecule has 0 spiro atoms.